The van der Waals surface area contributed by atoms with E-state index < -0.39 is 30.4 Å². The van der Waals surface area contributed by atoms with E-state index in [9.17, 15) is 19.5 Å². The van der Waals surface area contributed by atoms with Crippen LogP contribution in [-0.4, -0.2) is 60.6 Å². The van der Waals surface area contributed by atoms with Gasteiger partial charge >= 0.3 is 18.0 Å². The number of carbonyl (C=O) groups excluding carboxylic acids is 2. The maximum atomic E-state index is 12.2. The molecule has 27 heavy (non-hydrogen) atoms. The van der Waals surface area contributed by atoms with Crippen LogP contribution in [0.25, 0.3) is 0 Å². The average molecular weight is 381 g/mol. The summed E-state index contributed by atoms with van der Waals surface area (Å²) in [6.07, 6.45) is -1.72. The van der Waals surface area contributed by atoms with Crippen LogP contribution in [0.2, 0.25) is 0 Å². The molecule has 0 unspecified atom stereocenters. The molecule has 148 valence electrons. The quantitative estimate of drug-likeness (QED) is 0.563. The second kappa shape index (κ2) is 9.11. The van der Waals surface area contributed by atoms with Crippen molar-refractivity contribution in [2.75, 3.05) is 20.3 Å². The molecule has 0 saturated carbocycles. The van der Waals surface area contributed by atoms with E-state index in [0.29, 0.717) is 11.5 Å². The second-order valence-electron chi connectivity index (χ2n) is 6.16. The zero-order valence-electron chi connectivity index (χ0n) is 15.4. The molecule has 1 aromatic rings. The van der Waals surface area contributed by atoms with E-state index in [1.54, 1.807) is 31.4 Å². The van der Waals surface area contributed by atoms with Crippen LogP contribution in [0, 0.1) is 5.92 Å². The molecular formula is C18H23NO8. The minimum Gasteiger partial charge on any atom is -0.497 e. The van der Waals surface area contributed by atoms with Crippen molar-refractivity contribution < 1.29 is 38.4 Å². The van der Waals surface area contributed by atoms with Crippen LogP contribution in [0.4, 0.5) is 4.79 Å². The number of hydrogen-bond acceptors (Lipinski definition) is 7. The summed E-state index contributed by atoms with van der Waals surface area (Å²) < 4.78 is 20.6. The molecule has 1 N–H and O–H groups in total. The van der Waals surface area contributed by atoms with Gasteiger partial charge in [-0.15, -0.1) is 0 Å². The summed E-state index contributed by atoms with van der Waals surface area (Å²) in [6.45, 7) is 2.97. The molecular weight excluding hydrogens is 358 g/mol. The molecule has 2 rings (SSSR count). The van der Waals surface area contributed by atoms with Gasteiger partial charge in [0.25, 0.3) is 0 Å². The summed E-state index contributed by atoms with van der Waals surface area (Å²) in [7, 11) is 1.55. The molecule has 1 saturated heterocycles. The molecule has 1 aliphatic rings. The molecule has 0 radical (unpaired) electrons. The first-order valence-corrected chi connectivity index (χ1v) is 8.44. The molecule has 1 aromatic carbocycles. The van der Waals surface area contributed by atoms with E-state index in [0.717, 1.165) is 4.90 Å². The predicted molar refractivity (Wildman–Crippen MR) is 92.4 cm³/mol. The number of carboxylic acid groups (broad SMARTS) is 1. The van der Waals surface area contributed by atoms with Crippen molar-refractivity contribution in [2.45, 2.75) is 32.6 Å². The normalized spacial score (nSPS) is 19.9. The highest BCUT2D eigenvalue weighted by atomic mass is 16.7. The number of carbonyl (C=O) groups is 3. The number of rotatable bonds is 7. The molecule has 0 bridgehead atoms. The monoisotopic (exact) mass is 381 g/mol. The third-order valence-corrected chi connectivity index (χ3v) is 4.03. The van der Waals surface area contributed by atoms with Crippen LogP contribution in [0.1, 0.15) is 20.3 Å². The number of aliphatic carboxylic acids is 1. The van der Waals surface area contributed by atoms with Gasteiger partial charge in [-0.05, 0) is 18.6 Å². The van der Waals surface area contributed by atoms with Gasteiger partial charge in [0.15, 0.2) is 0 Å². The first kappa shape index (κ1) is 20.3. The fraction of sp³-hybridized carbons (Fsp3) is 0.500. The lowest BCUT2D eigenvalue weighted by atomic mass is 10.1. The summed E-state index contributed by atoms with van der Waals surface area (Å²) in [5.74, 6) is -0.682. The topological polar surface area (TPSA) is 112 Å². The van der Waals surface area contributed by atoms with Crippen molar-refractivity contribution in [3.63, 3.8) is 0 Å². The zero-order chi connectivity index (χ0) is 20.0. The van der Waals surface area contributed by atoms with E-state index in [1.165, 1.54) is 13.8 Å². The third-order valence-electron chi connectivity index (χ3n) is 4.03. The minimum absolute atomic E-state index is 0.159. The van der Waals surface area contributed by atoms with Crippen molar-refractivity contribution in [1.82, 2.24) is 4.90 Å². The molecule has 0 aromatic heterocycles. The number of likely N-dealkylation sites (tertiary alicyclic amines) is 1. The van der Waals surface area contributed by atoms with E-state index in [4.69, 9.17) is 18.9 Å². The van der Waals surface area contributed by atoms with Gasteiger partial charge in [0, 0.05) is 32.4 Å². The largest absolute Gasteiger partial charge is 0.497 e. The first-order valence-electron chi connectivity index (χ1n) is 8.44. The fourth-order valence-electron chi connectivity index (χ4n) is 2.85. The van der Waals surface area contributed by atoms with Gasteiger partial charge in [-0.25, -0.2) is 9.59 Å². The molecule has 0 aliphatic carbocycles. The smallest absolute Gasteiger partial charge is 0.413 e. The maximum absolute atomic E-state index is 12.2. The van der Waals surface area contributed by atoms with Crippen molar-refractivity contribution in [3.8, 4) is 11.5 Å². The Morgan fingerprint density at radius 1 is 1.26 bits per heavy atom. The lowest BCUT2D eigenvalue weighted by Crippen LogP contribution is -2.42. The number of methoxy groups -OCH3 is 1. The van der Waals surface area contributed by atoms with Gasteiger partial charge in [-0.1, -0.05) is 6.07 Å². The highest BCUT2D eigenvalue weighted by Crippen LogP contribution is 2.27. The van der Waals surface area contributed by atoms with Crippen molar-refractivity contribution >= 4 is 18.0 Å². The van der Waals surface area contributed by atoms with E-state index in [1.807, 2.05) is 0 Å². The Bertz CT molecular complexity index is 692. The van der Waals surface area contributed by atoms with Crippen molar-refractivity contribution in [2.24, 2.45) is 5.92 Å². The van der Waals surface area contributed by atoms with Gasteiger partial charge in [-0.3, -0.25) is 9.69 Å². The molecule has 1 heterocycles. The Labute approximate surface area is 156 Å². The van der Waals surface area contributed by atoms with E-state index in [-0.39, 0.29) is 25.5 Å². The molecule has 1 fully saturated rings. The zero-order valence-corrected chi connectivity index (χ0v) is 15.4. The number of carboxylic acids is 1. The van der Waals surface area contributed by atoms with E-state index >= 15 is 0 Å². The van der Waals surface area contributed by atoms with Gasteiger partial charge in [0.2, 0.25) is 6.29 Å². The molecule has 3 atom stereocenters. The number of amides is 1. The van der Waals surface area contributed by atoms with Crippen LogP contribution in [-0.2, 0) is 19.1 Å². The Kier molecular flexibility index (Phi) is 6.86. The molecule has 9 heteroatoms. The van der Waals surface area contributed by atoms with Gasteiger partial charge in [-0.2, -0.15) is 0 Å². The number of benzene rings is 1. The Morgan fingerprint density at radius 3 is 2.59 bits per heavy atom. The summed E-state index contributed by atoms with van der Waals surface area (Å²) in [5, 5.41) is 9.39. The summed E-state index contributed by atoms with van der Waals surface area (Å²) in [4.78, 5) is 35.8. The van der Waals surface area contributed by atoms with E-state index in [2.05, 4.69) is 0 Å². The standard InChI is InChI=1S/C18H23NO8/c1-11(20)26-12(2)27-18(23)19-9-13(7-16(19)17(21)22)10-25-15-6-4-5-14(8-15)24-3/h4-6,8,12-13,16H,7,9-10H2,1-3H3,(H,21,22)/t12-,13-,16-/m0/s1. The Hall–Kier alpha value is -2.97. The van der Waals surface area contributed by atoms with Crippen LogP contribution in [0.5, 0.6) is 11.5 Å². The second-order valence-corrected chi connectivity index (χ2v) is 6.16. The predicted octanol–water partition coefficient (Wildman–Crippen LogP) is 1.89. The number of nitrogens with zero attached hydrogens (tertiary/aromatic N) is 1. The lowest BCUT2D eigenvalue weighted by molar-refractivity contribution is -0.164. The highest BCUT2D eigenvalue weighted by Gasteiger charge is 2.41. The Balaban J connectivity index is 1.95. The van der Waals surface area contributed by atoms with Crippen LogP contribution >= 0.6 is 0 Å². The number of esters is 1. The van der Waals surface area contributed by atoms with Gasteiger partial charge in [0.1, 0.15) is 17.5 Å². The van der Waals surface area contributed by atoms with Crippen LogP contribution in [0.15, 0.2) is 24.3 Å². The highest BCUT2D eigenvalue weighted by molar-refractivity contribution is 5.81. The molecule has 0 spiro atoms. The summed E-state index contributed by atoms with van der Waals surface area (Å²) in [6, 6.07) is 6.02. The summed E-state index contributed by atoms with van der Waals surface area (Å²) in [5.41, 5.74) is 0. The molecule has 1 amide bonds. The first-order chi connectivity index (χ1) is 12.8. The van der Waals surface area contributed by atoms with Crippen molar-refractivity contribution in [3.05, 3.63) is 24.3 Å². The number of ether oxygens (including phenoxy) is 4. The minimum atomic E-state index is -1.13. The van der Waals surface area contributed by atoms with Crippen molar-refractivity contribution in [1.29, 1.82) is 0 Å². The number of hydrogen-bond donors (Lipinski definition) is 1. The maximum Gasteiger partial charge on any atom is 0.413 e. The fourth-order valence-corrected chi connectivity index (χ4v) is 2.85. The van der Waals surface area contributed by atoms with Gasteiger partial charge in [0.05, 0.1) is 13.7 Å². The van der Waals surface area contributed by atoms with Crippen LogP contribution < -0.4 is 9.47 Å². The Morgan fingerprint density at radius 2 is 1.96 bits per heavy atom. The van der Waals surface area contributed by atoms with Crippen LogP contribution in [0.3, 0.4) is 0 Å². The molecule has 9 nitrogen and oxygen atoms in total. The summed E-state index contributed by atoms with van der Waals surface area (Å²) >= 11 is 0. The average Bonchev–Trinajstić information content (AvgIpc) is 3.04. The third kappa shape index (κ3) is 5.77. The lowest BCUT2D eigenvalue weighted by Gasteiger charge is -2.23. The SMILES string of the molecule is COc1cccc(OC[C@H]2C[C@@H](C(=O)O)N(C(=O)O[C@@H](C)OC(C)=O)C2)c1. The van der Waals surface area contributed by atoms with Gasteiger partial charge < -0.3 is 24.1 Å². The molecule has 1 aliphatic heterocycles.